The van der Waals surface area contributed by atoms with Crippen LogP contribution in [0, 0.1) is 0 Å². The van der Waals surface area contributed by atoms with Crippen molar-refractivity contribution in [3.8, 4) is 0 Å². The molecule has 0 bridgehead atoms. The first kappa shape index (κ1) is 14.9. The highest BCUT2D eigenvalue weighted by atomic mass is 16.1. The number of carbonyl (C=O) groups is 2. The van der Waals surface area contributed by atoms with Gasteiger partial charge in [0.25, 0.3) is 0 Å². The van der Waals surface area contributed by atoms with E-state index in [-0.39, 0.29) is 24.7 Å². The predicted octanol–water partition coefficient (Wildman–Crippen LogP) is 2.54. The minimum Gasteiger partial charge on any atom is -0.292 e. The zero-order chi connectivity index (χ0) is 16.1. The summed E-state index contributed by atoms with van der Waals surface area (Å²) in [6, 6.07) is 20.2. The van der Waals surface area contributed by atoms with Gasteiger partial charge in [-0.25, -0.2) is 0 Å². The van der Waals surface area contributed by atoms with Gasteiger partial charge in [0.05, 0.1) is 6.20 Å². The van der Waals surface area contributed by atoms with Crippen LogP contribution in [-0.2, 0) is 13.1 Å². The fourth-order valence-electron chi connectivity index (χ4n) is 2.42. The molecular weight excluding hydrogens is 288 g/mol. The van der Waals surface area contributed by atoms with E-state index in [0.29, 0.717) is 11.1 Å². The Bertz CT molecular complexity index is 740. The van der Waals surface area contributed by atoms with Gasteiger partial charge in [0.15, 0.2) is 12.0 Å². The summed E-state index contributed by atoms with van der Waals surface area (Å²) in [5, 5.41) is 0. The third kappa shape index (κ3) is 3.61. The van der Waals surface area contributed by atoms with Crippen LogP contribution >= 0.6 is 0 Å². The zero-order valence-corrected chi connectivity index (χ0v) is 12.6. The minimum absolute atomic E-state index is 0.0164. The molecule has 114 valence electrons. The van der Waals surface area contributed by atoms with Crippen LogP contribution in [0.15, 0.2) is 79.1 Å². The van der Waals surface area contributed by atoms with Gasteiger partial charge in [0.1, 0.15) is 6.54 Å². The number of carbonyl (C=O) groups excluding carboxylic acids is 2. The van der Waals surface area contributed by atoms with Gasteiger partial charge >= 0.3 is 0 Å². The highest BCUT2D eigenvalue weighted by Gasteiger charge is 2.18. The highest BCUT2D eigenvalue weighted by molar-refractivity contribution is 5.96. The van der Waals surface area contributed by atoms with E-state index in [9.17, 15) is 9.59 Å². The second-order valence-corrected chi connectivity index (χ2v) is 5.26. The smallest absolute Gasteiger partial charge is 0.234 e. The summed E-state index contributed by atoms with van der Waals surface area (Å²) in [4.78, 5) is 24.6. The maximum atomic E-state index is 12.3. The lowest BCUT2D eigenvalue weighted by Gasteiger charge is -2.03. The van der Waals surface area contributed by atoms with Crippen molar-refractivity contribution in [3.05, 3.63) is 90.3 Å². The van der Waals surface area contributed by atoms with Crippen molar-refractivity contribution in [2.24, 2.45) is 0 Å². The summed E-state index contributed by atoms with van der Waals surface area (Å²) >= 11 is 0. The number of hydrogen-bond donors (Lipinski definition) is 0. The number of aromatic nitrogens is 2. The molecule has 0 aliphatic carbocycles. The number of benzene rings is 2. The van der Waals surface area contributed by atoms with Gasteiger partial charge in [-0.15, -0.1) is 4.68 Å². The lowest BCUT2D eigenvalue weighted by atomic mass is 10.1. The summed E-state index contributed by atoms with van der Waals surface area (Å²) in [6.07, 6.45) is 3.61. The molecule has 0 aliphatic heterocycles. The molecule has 1 heterocycles. The largest absolute Gasteiger partial charge is 0.292 e. The third-order valence-corrected chi connectivity index (χ3v) is 3.65. The molecule has 4 nitrogen and oxygen atoms in total. The fraction of sp³-hybridized carbons (Fsp3) is 0.105. The second kappa shape index (κ2) is 6.83. The monoisotopic (exact) mass is 305 g/mol. The molecule has 4 heteroatoms. The number of ketones is 2. The van der Waals surface area contributed by atoms with Crippen molar-refractivity contribution in [1.29, 1.82) is 0 Å². The first-order chi connectivity index (χ1) is 11.2. The summed E-state index contributed by atoms with van der Waals surface area (Å²) in [7, 11) is 0. The van der Waals surface area contributed by atoms with E-state index < -0.39 is 0 Å². The van der Waals surface area contributed by atoms with Crippen molar-refractivity contribution in [1.82, 2.24) is 4.68 Å². The first-order valence-corrected chi connectivity index (χ1v) is 7.45. The van der Waals surface area contributed by atoms with Crippen molar-refractivity contribution in [3.63, 3.8) is 0 Å². The fourth-order valence-corrected chi connectivity index (χ4v) is 2.42. The summed E-state index contributed by atoms with van der Waals surface area (Å²) in [5.74, 6) is 0.0328. The maximum absolute atomic E-state index is 12.3. The lowest BCUT2D eigenvalue weighted by Crippen LogP contribution is -2.46. The first-order valence-electron chi connectivity index (χ1n) is 7.45. The van der Waals surface area contributed by atoms with Crippen molar-refractivity contribution >= 4 is 11.6 Å². The van der Waals surface area contributed by atoms with Crippen LogP contribution in [0.2, 0.25) is 0 Å². The van der Waals surface area contributed by atoms with Crippen molar-refractivity contribution in [2.45, 2.75) is 13.1 Å². The number of Topliss-reactive ketones (excluding diaryl/α,β-unsaturated/α-hetero) is 2. The molecule has 0 amide bonds. The van der Waals surface area contributed by atoms with Gasteiger partial charge in [0.2, 0.25) is 12.3 Å². The molecule has 0 aliphatic rings. The van der Waals surface area contributed by atoms with Crippen LogP contribution in [0.4, 0.5) is 0 Å². The molecule has 0 N–H and O–H groups in total. The number of nitrogens with zero attached hydrogens (tertiary/aromatic N) is 2. The molecule has 0 spiro atoms. The molecule has 1 aromatic heterocycles. The molecule has 3 aromatic rings. The van der Waals surface area contributed by atoms with Crippen LogP contribution < -0.4 is 4.68 Å². The third-order valence-electron chi connectivity index (χ3n) is 3.65. The molecule has 0 saturated heterocycles. The number of hydrogen-bond acceptors (Lipinski definition) is 2. The predicted molar refractivity (Wildman–Crippen MR) is 86.2 cm³/mol. The molecule has 0 fully saturated rings. The average molecular weight is 305 g/mol. The van der Waals surface area contributed by atoms with E-state index in [1.807, 2.05) is 42.5 Å². The van der Waals surface area contributed by atoms with Gasteiger partial charge in [-0.1, -0.05) is 60.7 Å². The van der Waals surface area contributed by atoms with Crippen molar-refractivity contribution in [2.75, 3.05) is 0 Å². The SMILES string of the molecule is O=C(Cn1ccc[n+]1CC(=O)c1ccccc1)c1ccccc1. The summed E-state index contributed by atoms with van der Waals surface area (Å²) in [5.41, 5.74) is 1.34. The Hall–Kier alpha value is -3.01. The molecule has 23 heavy (non-hydrogen) atoms. The van der Waals surface area contributed by atoms with Crippen LogP contribution in [-0.4, -0.2) is 16.2 Å². The summed E-state index contributed by atoms with van der Waals surface area (Å²) in [6.45, 7) is 0.415. The Morgan fingerprint density at radius 3 is 1.96 bits per heavy atom. The van der Waals surface area contributed by atoms with Crippen LogP contribution in [0.25, 0.3) is 0 Å². The molecule has 3 rings (SSSR count). The lowest BCUT2D eigenvalue weighted by molar-refractivity contribution is -0.762. The minimum atomic E-state index is 0.0164. The highest BCUT2D eigenvalue weighted by Crippen LogP contribution is 2.03. The van der Waals surface area contributed by atoms with E-state index in [1.165, 1.54) is 0 Å². The van der Waals surface area contributed by atoms with Gasteiger partial charge < -0.3 is 0 Å². The van der Waals surface area contributed by atoms with Gasteiger partial charge in [-0.05, 0) is 0 Å². The van der Waals surface area contributed by atoms with E-state index >= 15 is 0 Å². The second-order valence-electron chi connectivity index (χ2n) is 5.26. The van der Waals surface area contributed by atoms with E-state index in [1.54, 1.807) is 46.0 Å². The van der Waals surface area contributed by atoms with E-state index in [0.717, 1.165) is 0 Å². The Morgan fingerprint density at radius 1 is 0.783 bits per heavy atom. The zero-order valence-electron chi connectivity index (χ0n) is 12.6. The van der Waals surface area contributed by atoms with Gasteiger partial charge in [0, 0.05) is 17.2 Å². The van der Waals surface area contributed by atoms with E-state index in [4.69, 9.17) is 0 Å². The van der Waals surface area contributed by atoms with E-state index in [2.05, 4.69) is 0 Å². The Labute approximate surface area is 134 Å². The Balaban J connectivity index is 1.73. The molecular formula is C19H17N2O2+. The molecule has 0 unspecified atom stereocenters. The van der Waals surface area contributed by atoms with Crippen LogP contribution in [0.1, 0.15) is 20.7 Å². The van der Waals surface area contributed by atoms with Gasteiger partial charge in [-0.2, -0.15) is 4.68 Å². The summed E-state index contributed by atoms with van der Waals surface area (Å²) < 4.78 is 3.52. The molecule has 0 saturated carbocycles. The topological polar surface area (TPSA) is 43.0 Å². The standard InChI is InChI=1S/C19H17N2O2/c22-18(16-8-3-1-4-9-16)14-20-12-7-13-21(20)15-19(23)17-10-5-2-6-11-17/h1-13H,14-15H2/q+1. The normalized spacial score (nSPS) is 10.4. The Kier molecular flexibility index (Phi) is 4.43. The van der Waals surface area contributed by atoms with Crippen molar-refractivity contribution < 1.29 is 14.3 Å². The van der Waals surface area contributed by atoms with Crippen LogP contribution in [0.5, 0.6) is 0 Å². The van der Waals surface area contributed by atoms with Crippen LogP contribution in [0.3, 0.4) is 0 Å². The molecule has 0 atom stereocenters. The average Bonchev–Trinajstić information content (AvgIpc) is 3.03. The van der Waals surface area contributed by atoms with Gasteiger partial charge in [-0.3, -0.25) is 9.59 Å². The number of rotatable bonds is 6. The molecule has 0 radical (unpaired) electrons. The molecule has 2 aromatic carbocycles. The quantitative estimate of drug-likeness (QED) is 0.519. The maximum Gasteiger partial charge on any atom is 0.234 e. The Morgan fingerprint density at radius 2 is 1.35 bits per heavy atom.